The Balaban J connectivity index is 1.62. The highest BCUT2D eigenvalue weighted by atomic mass is 32.1. The molecule has 0 unspecified atom stereocenters. The first kappa shape index (κ1) is 17.2. The van der Waals surface area contributed by atoms with Crippen LogP contribution in [0.2, 0.25) is 0 Å². The van der Waals surface area contributed by atoms with Crippen molar-refractivity contribution in [3.8, 4) is 11.5 Å². The van der Waals surface area contributed by atoms with Crippen LogP contribution < -0.4 is 15.1 Å². The number of hydrogen-bond acceptors (Lipinski definition) is 8. The van der Waals surface area contributed by atoms with Gasteiger partial charge in [-0.1, -0.05) is 6.07 Å². The van der Waals surface area contributed by atoms with E-state index in [1.54, 1.807) is 23.6 Å². The SMILES string of the molecule is COc1cccc(/C=N/NC(=O)c2csc(N3CCOCC3)n2)c1O. The molecule has 1 amide bonds. The Labute approximate surface area is 148 Å². The number of nitrogens with one attached hydrogen (secondary N) is 1. The summed E-state index contributed by atoms with van der Waals surface area (Å²) in [5.74, 6) is -0.106. The molecule has 0 atom stereocenters. The first-order chi connectivity index (χ1) is 12.2. The molecule has 9 heteroatoms. The van der Waals surface area contributed by atoms with Crippen molar-refractivity contribution in [2.75, 3.05) is 38.3 Å². The minimum atomic E-state index is -0.408. The van der Waals surface area contributed by atoms with Gasteiger partial charge >= 0.3 is 0 Å². The van der Waals surface area contributed by atoms with Gasteiger partial charge in [-0.15, -0.1) is 11.3 Å². The van der Waals surface area contributed by atoms with Gasteiger partial charge in [0.2, 0.25) is 0 Å². The zero-order chi connectivity index (χ0) is 17.6. The van der Waals surface area contributed by atoms with Crippen LogP contribution in [-0.4, -0.2) is 55.6 Å². The van der Waals surface area contributed by atoms with E-state index in [0.29, 0.717) is 30.2 Å². The zero-order valence-electron chi connectivity index (χ0n) is 13.6. The number of morpholine rings is 1. The standard InChI is InChI=1S/C16H18N4O4S/c1-23-13-4-2-3-11(14(13)21)9-17-19-15(22)12-10-25-16(18-12)20-5-7-24-8-6-20/h2-4,9-10,21H,5-8H2,1H3,(H,19,22)/b17-9+. The van der Waals surface area contributed by atoms with Crippen LogP contribution in [0.5, 0.6) is 11.5 Å². The van der Waals surface area contributed by atoms with E-state index >= 15 is 0 Å². The summed E-state index contributed by atoms with van der Waals surface area (Å²) in [5.41, 5.74) is 3.15. The van der Waals surface area contributed by atoms with E-state index in [0.717, 1.165) is 18.2 Å². The Morgan fingerprint density at radius 3 is 3.04 bits per heavy atom. The van der Waals surface area contributed by atoms with Gasteiger partial charge < -0.3 is 19.5 Å². The number of carbonyl (C=O) groups excluding carboxylic acids is 1. The maximum atomic E-state index is 12.1. The Kier molecular flexibility index (Phi) is 5.46. The molecule has 1 aliphatic rings. The number of phenolic OH excluding ortho intramolecular Hbond substituents is 1. The van der Waals surface area contributed by atoms with E-state index in [4.69, 9.17) is 9.47 Å². The average molecular weight is 362 g/mol. The number of phenols is 1. The van der Waals surface area contributed by atoms with Crippen LogP contribution in [0, 0.1) is 0 Å². The Bertz CT molecular complexity index is 771. The number of thiazole rings is 1. The summed E-state index contributed by atoms with van der Waals surface area (Å²) < 4.78 is 10.3. The van der Waals surface area contributed by atoms with Gasteiger partial charge in [0.05, 0.1) is 26.5 Å². The van der Waals surface area contributed by atoms with Gasteiger partial charge in [-0.25, -0.2) is 10.4 Å². The van der Waals surface area contributed by atoms with Crippen LogP contribution in [0.25, 0.3) is 0 Å². The fourth-order valence-electron chi connectivity index (χ4n) is 2.29. The van der Waals surface area contributed by atoms with Crippen molar-refractivity contribution >= 4 is 28.6 Å². The molecule has 1 aromatic carbocycles. The molecular formula is C16H18N4O4S. The minimum Gasteiger partial charge on any atom is -0.504 e. The van der Waals surface area contributed by atoms with Gasteiger partial charge in [0, 0.05) is 24.0 Å². The lowest BCUT2D eigenvalue weighted by atomic mass is 10.2. The quantitative estimate of drug-likeness (QED) is 0.617. The molecule has 0 aliphatic carbocycles. The van der Waals surface area contributed by atoms with Crippen molar-refractivity contribution in [2.24, 2.45) is 5.10 Å². The van der Waals surface area contributed by atoms with Gasteiger partial charge in [-0.05, 0) is 12.1 Å². The molecule has 2 N–H and O–H groups in total. The Morgan fingerprint density at radius 1 is 1.48 bits per heavy atom. The number of anilines is 1. The lowest BCUT2D eigenvalue weighted by Crippen LogP contribution is -2.36. The average Bonchev–Trinajstić information content (AvgIpc) is 3.14. The molecule has 0 saturated carbocycles. The number of benzene rings is 1. The van der Waals surface area contributed by atoms with Crippen LogP contribution in [0.15, 0.2) is 28.7 Å². The second-order valence-corrected chi connectivity index (χ2v) is 6.05. The van der Waals surface area contributed by atoms with Gasteiger partial charge in [-0.2, -0.15) is 5.10 Å². The number of nitrogens with zero attached hydrogens (tertiary/aromatic N) is 3. The van der Waals surface area contributed by atoms with Crippen molar-refractivity contribution in [3.05, 3.63) is 34.8 Å². The van der Waals surface area contributed by atoms with Crippen molar-refractivity contribution in [3.63, 3.8) is 0 Å². The number of para-hydroxylation sites is 1. The summed E-state index contributed by atoms with van der Waals surface area (Å²) in [5, 5.41) is 16.3. The predicted molar refractivity (Wildman–Crippen MR) is 94.9 cm³/mol. The highest BCUT2D eigenvalue weighted by Crippen LogP contribution is 2.28. The molecule has 8 nitrogen and oxygen atoms in total. The van der Waals surface area contributed by atoms with E-state index in [1.807, 2.05) is 0 Å². The fourth-order valence-corrected chi connectivity index (χ4v) is 3.15. The maximum absolute atomic E-state index is 12.1. The van der Waals surface area contributed by atoms with Crippen molar-refractivity contribution in [1.82, 2.24) is 10.4 Å². The summed E-state index contributed by atoms with van der Waals surface area (Å²) in [6.07, 6.45) is 1.35. The number of hydrazone groups is 1. The van der Waals surface area contributed by atoms with Crippen LogP contribution in [0.3, 0.4) is 0 Å². The highest BCUT2D eigenvalue weighted by molar-refractivity contribution is 7.13. The molecular weight excluding hydrogens is 344 g/mol. The van der Waals surface area contributed by atoms with E-state index < -0.39 is 5.91 Å². The first-order valence-corrected chi connectivity index (χ1v) is 8.54. The molecule has 1 aromatic heterocycles. The maximum Gasteiger partial charge on any atom is 0.290 e. The fraction of sp³-hybridized carbons (Fsp3) is 0.312. The van der Waals surface area contributed by atoms with Gasteiger partial charge in [0.25, 0.3) is 5.91 Å². The number of ether oxygens (including phenoxy) is 2. The number of carbonyl (C=O) groups is 1. The van der Waals surface area contributed by atoms with Crippen molar-refractivity contribution in [2.45, 2.75) is 0 Å². The molecule has 1 fully saturated rings. The number of hydrogen-bond donors (Lipinski definition) is 2. The number of aromatic nitrogens is 1. The van der Waals surface area contributed by atoms with E-state index in [9.17, 15) is 9.90 Å². The van der Waals surface area contributed by atoms with Gasteiger partial charge in [0.15, 0.2) is 16.6 Å². The summed E-state index contributed by atoms with van der Waals surface area (Å²) in [6.45, 7) is 2.86. The Hall–Kier alpha value is -2.65. The normalized spacial score (nSPS) is 14.7. The molecule has 1 aliphatic heterocycles. The second kappa shape index (κ2) is 7.95. The molecule has 0 bridgehead atoms. The van der Waals surface area contributed by atoms with Gasteiger partial charge in [0.1, 0.15) is 5.69 Å². The van der Waals surface area contributed by atoms with Gasteiger partial charge in [-0.3, -0.25) is 4.79 Å². The predicted octanol–water partition coefficient (Wildman–Crippen LogP) is 1.46. The molecule has 2 aromatic rings. The molecule has 0 spiro atoms. The van der Waals surface area contributed by atoms with Crippen LogP contribution in [0.4, 0.5) is 5.13 Å². The molecule has 1 saturated heterocycles. The number of methoxy groups -OCH3 is 1. The zero-order valence-corrected chi connectivity index (χ0v) is 14.5. The van der Waals surface area contributed by atoms with E-state index in [1.165, 1.54) is 24.7 Å². The highest BCUT2D eigenvalue weighted by Gasteiger charge is 2.17. The third-order valence-corrected chi connectivity index (χ3v) is 4.53. The van der Waals surface area contributed by atoms with E-state index in [-0.39, 0.29) is 5.75 Å². The van der Waals surface area contributed by atoms with E-state index in [2.05, 4.69) is 20.4 Å². The van der Waals surface area contributed by atoms with Crippen LogP contribution in [0.1, 0.15) is 16.1 Å². The molecule has 3 rings (SSSR count). The summed E-state index contributed by atoms with van der Waals surface area (Å²) >= 11 is 1.41. The molecule has 0 radical (unpaired) electrons. The molecule has 25 heavy (non-hydrogen) atoms. The van der Waals surface area contributed by atoms with Crippen LogP contribution >= 0.6 is 11.3 Å². The summed E-state index contributed by atoms with van der Waals surface area (Å²) in [4.78, 5) is 18.6. The number of rotatable bonds is 5. The second-order valence-electron chi connectivity index (χ2n) is 5.21. The van der Waals surface area contributed by atoms with Crippen LogP contribution in [-0.2, 0) is 4.74 Å². The minimum absolute atomic E-state index is 0.0359. The third-order valence-electron chi connectivity index (χ3n) is 3.63. The van der Waals surface area contributed by atoms with Crippen molar-refractivity contribution < 1.29 is 19.4 Å². The monoisotopic (exact) mass is 362 g/mol. The smallest absolute Gasteiger partial charge is 0.290 e. The Morgan fingerprint density at radius 2 is 2.28 bits per heavy atom. The first-order valence-electron chi connectivity index (χ1n) is 7.66. The lowest BCUT2D eigenvalue weighted by Gasteiger charge is -2.25. The number of amides is 1. The largest absolute Gasteiger partial charge is 0.504 e. The van der Waals surface area contributed by atoms with Crippen molar-refractivity contribution in [1.29, 1.82) is 0 Å². The lowest BCUT2D eigenvalue weighted by molar-refractivity contribution is 0.0951. The number of aromatic hydroxyl groups is 1. The molecule has 132 valence electrons. The summed E-state index contributed by atoms with van der Waals surface area (Å²) in [7, 11) is 1.46. The topological polar surface area (TPSA) is 96.3 Å². The summed E-state index contributed by atoms with van der Waals surface area (Å²) in [6, 6.07) is 5.01. The third kappa shape index (κ3) is 4.06. The molecule has 2 heterocycles.